The van der Waals surface area contributed by atoms with Crippen LogP contribution < -0.4 is 4.90 Å². The minimum absolute atomic E-state index is 0.0562. The summed E-state index contributed by atoms with van der Waals surface area (Å²) >= 11 is 1.14. The number of carbonyl (C=O) groups is 1. The molecule has 110 valence electrons. The Balaban J connectivity index is 1.62. The third kappa shape index (κ3) is 3.02. The van der Waals surface area contributed by atoms with Gasteiger partial charge >= 0.3 is 0 Å². The van der Waals surface area contributed by atoms with E-state index in [1.165, 1.54) is 12.1 Å². The second-order valence-electron chi connectivity index (χ2n) is 4.90. The number of piperazine rings is 1. The van der Waals surface area contributed by atoms with Gasteiger partial charge in [-0.2, -0.15) is 4.37 Å². The molecule has 0 unspecified atom stereocenters. The maximum Gasteiger partial charge on any atom is 0.284 e. The molecule has 21 heavy (non-hydrogen) atoms. The number of hydrogen-bond donors (Lipinski definition) is 0. The molecule has 2 aromatic rings. The van der Waals surface area contributed by atoms with E-state index in [9.17, 15) is 9.18 Å². The van der Waals surface area contributed by atoms with Crippen LogP contribution in [0.15, 0.2) is 24.3 Å². The van der Waals surface area contributed by atoms with Crippen molar-refractivity contribution in [1.29, 1.82) is 0 Å². The van der Waals surface area contributed by atoms with Crippen molar-refractivity contribution in [3.63, 3.8) is 0 Å². The fourth-order valence-corrected chi connectivity index (χ4v) is 2.98. The van der Waals surface area contributed by atoms with Gasteiger partial charge in [-0.15, -0.1) is 0 Å². The molecule has 5 nitrogen and oxygen atoms in total. The van der Waals surface area contributed by atoms with E-state index in [-0.39, 0.29) is 11.7 Å². The van der Waals surface area contributed by atoms with Gasteiger partial charge in [0, 0.05) is 31.9 Å². The highest BCUT2D eigenvalue weighted by Crippen LogP contribution is 2.18. The molecule has 0 spiro atoms. The molecule has 0 atom stereocenters. The van der Waals surface area contributed by atoms with Crippen LogP contribution in [-0.4, -0.2) is 46.3 Å². The topological polar surface area (TPSA) is 49.3 Å². The Hall–Kier alpha value is -2.02. The fraction of sp³-hybridized carbons (Fsp3) is 0.357. The maximum atomic E-state index is 12.9. The van der Waals surface area contributed by atoms with E-state index in [0.717, 1.165) is 30.3 Å². The van der Waals surface area contributed by atoms with Crippen molar-refractivity contribution in [1.82, 2.24) is 14.3 Å². The first kappa shape index (κ1) is 13.9. The minimum Gasteiger partial charge on any atom is -0.368 e. The van der Waals surface area contributed by atoms with Crippen LogP contribution >= 0.6 is 11.5 Å². The molecule has 1 aromatic carbocycles. The Bertz CT molecular complexity index is 635. The Labute approximate surface area is 126 Å². The molecule has 1 amide bonds. The Morgan fingerprint density at radius 3 is 2.43 bits per heavy atom. The lowest BCUT2D eigenvalue weighted by Gasteiger charge is -2.35. The van der Waals surface area contributed by atoms with Gasteiger partial charge in [0.15, 0.2) is 0 Å². The first-order valence-corrected chi connectivity index (χ1v) is 7.51. The smallest absolute Gasteiger partial charge is 0.284 e. The summed E-state index contributed by atoms with van der Waals surface area (Å²) in [5.74, 6) is 0.340. The summed E-state index contributed by atoms with van der Waals surface area (Å²) in [5.41, 5.74) is 0.982. The van der Waals surface area contributed by atoms with Gasteiger partial charge in [-0.1, -0.05) is 0 Å². The number of aromatic nitrogens is 2. The predicted molar refractivity (Wildman–Crippen MR) is 79.2 cm³/mol. The molecule has 0 aliphatic carbocycles. The zero-order valence-corrected chi connectivity index (χ0v) is 12.4. The molecule has 1 saturated heterocycles. The summed E-state index contributed by atoms with van der Waals surface area (Å²) in [4.78, 5) is 20.3. The summed E-state index contributed by atoms with van der Waals surface area (Å²) in [6, 6.07) is 6.44. The van der Waals surface area contributed by atoms with Gasteiger partial charge in [0.05, 0.1) is 0 Å². The Morgan fingerprint density at radius 1 is 1.19 bits per heavy atom. The number of halogens is 1. The SMILES string of the molecule is Cc1nsc(C(=O)N2CCN(c3ccc(F)cc3)CC2)n1. The molecular formula is C14H15FN4OS. The minimum atomic E-state index is -0.237. The second-order valence-corrected chi connectivity index (χ2v) is 5.65. The molecule has 1 aliphatic rings. The fourth-order valence-electron chi connectivity index (χ4n) is 2.34. The number of hydrogen-bond acceptors (Lipinski definition) is 5. The van der Waals surface area contributed by atoms with Gasteiger partial charge < -0.3 is 9.80 Å². The normalized spacial score (nSPS) is 15.3. The highest BCUT2D eigenvalue weighted by Gasteiger charge is 2.24. The van der Waals surface area contributed by atoms with Crippen LogP contribution in [0.5, 0.6) is 0 Å². The van der Waals surface area contributed by atoms with Crippen LogP contribution in [0.2, 0.25) is 0 Å². The zero-order valence-electron chi connectivity index (χ0n) is 11.6. The molecule has 1 fully saturated rings. The van der Waals surface area contributed by atoms with Crippen molar-refractivity contribution >= 4 is 23.1 Å². The van der Waals surface area contributed by atoms with Crippen LogP contribution in [0, 0.1) is 12.7 Å². The maximum absolute atomic E-state index is 12.9. The Kier molecular flexibility index (Phi) is 3.83. The predicted octanol–water partition coefficient (Wildman–Crippen LogP) is 1.95. The van der Waals surface area contributed by atoms with Crippen LogP contribution in [0.3, 0.4) is 0 Å². The highest BCUT2D eigenvalue weighted by molar-refractivity contribution is 7.07. The number of anilines is 1. The summed E-state index contributed by atoms with van der Waals surface area (Å²) in [6.07, 6.45) is 0. The highest BCUT2D eigenvalue weighted by atomic mass is 32.1. The van der Waals surface area contributed by atoms with Gasteiger partial charge in [-0.3, -0.25) is 4.79 Å². The van der Waals surface area contributed by atoms with Crippen LogP contribution in [0.25, 0.3) is 0 Å². The average Bonchev–Trinajstić information content (AvgIpc) is 2.94. The molecule has 2 heterocycles. The largest absolute Gasteiger partial charge is 0.368 e. The first-order valence-electron chi connectivity index (χ1n) is 6.73. The van der Waals surface area contributed by atoms with Crippen molar-refractivity contribution in [3.8, 4) is 0 Å². The third-order valence-electron chi connectivity index (χ3n) is 3.47. The second kappa shape index (κ2) is 5.77. The average molecular weight is 306 g/mol. The lowest BCUT2D eigenvalue weighted by molar-refractivity contribution is 0.0746. The van der Waals surface area contributed by atoms with Crippen molar-refractivity contribution in [3.05, 3.63) is 40.9 Å². The third-order valence-corrected chi connectivity index (χ3v) is 4.26. The number of benzene rings is 1. The van der Waals surface area contributed by atoms with Crippen molar-refractivity contribution in [2.45, 2.75) is 6.92 Å². The molecule has 3 rings (SSSR count). The van der Waals surface area contributed by atoms with Gasteiger partial charge in [0.25, 0.3) is 5.91 Å². The summed E-state index contributed by atoms with van der Waals surface area (Å²) in [7, 11) is 0. The van der Waals surface area contributed by atoms with Gasteiger partial charge in [0.1, 0.15) is 11.6 Å². The van der Waals surface area contributed by atoms with Gasteiger partial charge in [-0.25, -0.2) is 9.37 Å². The van der Waals surface area contributed by atoms with E-state index in [4.69, 9.17) is 0 Å². The summed E-state index contributed by atoms with van der Waals surface area (Å²) < 4.78 is 17.0. The molecule has 0 bridgehead atoms. The van der Waals surface area contributed by atoms with Crippen LogP contribution in [0.1, 0.15) is 15.6 Å². The number of nitrogens with zero attached hydrogens (tertiary/aromatic N) is 4. The molecule has 1 aromatic heterocycles. The summed E-state index contributed by atoms with van der Waals surface area (Å²) in [5, 5.41) is 0.447. The number of carbonyl (C=O) groups excluding carboxylic acids is 1. The van der Waals surface area contributed by atoms with Crippen molar-refractivity contribution in [2.24, 2.45) is 0 Å². The van der Waals surface area contributed by atoms with Gasteiger partial charge in [0.2, 0.25) is 5.01 Å². The van der Waals surface area contributed by atoms with E-state index in [2.05, 4.69) is 14.3 Å². The number of rotatable bonds is 2. The van der Waals surface area contributed by atoms with E-state index < -0.39 is 0 Å². The molecule has 0 radical (unpaired) electrons. The van der Waals surface area contributed by atoms with E-state index in [1.807, 2.05) is 0 Å². The van der Waals surface area contributed by atoms with Crippen LogP contribution in [0.4, 0.5) is 10.1 Å². The standard InChI is InChI=1S/C14H15FN4OS/c1-10-16-13(21-17-10)14(20)19-8-6-18(7-9-19)12-4-2-11(15)3-5-12/h2-5H,6-9H2,1H3. The monoisotopic (exact) mass is 306 g/mol. The molecule has 7 heteroatoms. The van der Waals surface area contributed by atoms with E-state index in [1.54, 1.807) is 24.0 Å². The van der Waals surface area contributed by atoms with Crippen molar-refractivity contribution in [2.75, 3.05) is 31.1 Å². The van der Waals surface area contributed by atoms with Crippen LogP contribution in [-0.2, 0) is 0 Å². The zero-order chi connectivity index (χ0) is 14.8. The lowest BCUT2D eigenvalue weighted by Crippen LogP contribution is -2.48. The lowest BCUT2D eigenvalue weighted by atomic mass is 10.2. The quantitative estimate of drug-likeness (QED) is 0.851. The molecule has 0 saturated carbocycles. The van der Waals surface area contributed by atoms with Crippen molar-refractivity contribution < 1.29 is 9.18 Å². The molecular weight excluding hydrogens is 291 g/mol. The van der Waals surface area contributed by atoms with E-state index in [0.29, 0.717) is 23.9 Å². The number of amides is 1. The first-order chi connectivity index (χ1) is 10.1. The molecule has 0 N–H and O–H groups in total. The Morgan fingerprint density at radius 2 is 1.86 bits per heavy atom. The number of aryl methyl sites for hydroxylation is 1. The molecule has 1 aliphatic heterocycles. The van der Waals surface area contributed by atoms with Gasteiger partial charge in [-0.05, 0) is 42.7 Å². The summed E-state index contributed by atoms with van der Waals surface area (Å²) in [6.45, 7) is 4.51. The van der Waals surface area contributed by atoms with E-state index >= 15 is 0 Å².